The molecule has 1 aliphatic heterocycles. The molecule has 1 aromatic carbocycles. The molecule has 0 bridgehead atoms. The Balaban J connectivity index is 1.98. The lowest BCUT2D eigenvalue weighted by Gasteiger charge is -2.41. The molecule has 1 saturated carbocycles. The first-order chi connectivity index (χ1) is 10.4. The minimum atomic E-state index is 0.254. The molecular weight excluding hydrogens is 258 g/mol. The highest BCUT2D eigenvalue weighted by Gasteiger charge is 2.44. The predicted octanol–water partition coefficient (Wildman–Crippen LogP) is 4.17. The van der Waals surface area contributed by atoms with Gasteiger partial charge in [0.25, 0.3) is 0 Å². The number of ether oxygens (including phenoxy) is 1. The van der Waals surface area contributed by atoms with Gasteiger partial charge in [0.05, 0.1) is 12.9 Å². The molecule has 0 amide bonds. The summed E-state index contributed by atoms with van der Waals surface area (Å²) in [6, 6.07) is 11.6. The van der Waals surface area contributed by atoms with Crippen molar-refractivity contribution in [2.24, 2.45) is 0 Å². The van der Waals surface area contributed by atoms with E-state index in [2.05, 4.69) is 42.6 Å². The van der Waals surface area contributed by atoms with E-state index >= 15 is 0 Å². The van der Waals surface area contributed by atoms with Gasteiger partial charge in [-0.2, -0.15) is 0 Å². The van der Waals surface area contributed by atoms with Crippen LogP contribution in [-0.2, 0) is 10.2 Å². The van der Waals surface area contributed by atoms with E-state index in [9.17, 15) is 0 Å². The molecular formula is C19H27NO. The lowest BCUT2D eigenvalue weighted by atomic mass is 9.69. The molecule has 1 unspecified atom stereocenters. The highest BCUT2D eigenvalue weighted by molar-refractivity contribution is 5.34. The Hall–Kier alpha value is -1.28. The number of hydrogen-bond acceptors (Lipinski definition) is 2. The fourth-order valence-electron chi connectivity index (χ4n) is 4.20. The lowest BCUT2D eigenvalue weighted by Crippen LogP contribution is -2.48. The van der Waals surface area contributed by atoms with Crippen molar-refractivity contribution < 1.29 is 4.74 Å². The van der Waals surface area contributed by atoms with Crippen LogP contribution in [0.25, 0.3) is 0 Å². The minimum absolute atomic E-state index is 0.254. The van der Waals surface area contributed by atoms with Crippen LogP contribution in [0.4, 0.5) is 0 Å². The average molecular weight is 285 g/mol. The van der Waals surface area contributed by atoms with Crippen LogP contribution >= 0.6 is 0 Å². The Bertz CT molecular complexity index is 474. The molecule has 21 heavy (non-hydrogen) atoms. The average Bonchev–Trinajstić information content (AvgIpc) is 3.05. The summed E-state index contributed by atoms with van der Waals surface area (Å²) < 4.78 is 5.65. The third-order valence-electron chi connectivity index (χ3n) is 5.14. The van der Waals surface area contributed by atoms with Crippen LogP contribution in [-0.4, -0.2) is 19.2 Å². The summed E-state index contributed by atoms with van der Waals surface area (Å²) in [5, 5.41) is 3.79. The molecule has 3 rings (SSSR count). The number of rotatable bonds is 5. The van der Waals surface area contributed by atoms with Gasteiger partial charge in [-0.3, -0.25) is 0 Å². The zero-order valence-electron chi connectivity index (χ0n) is 13.1. The van der Waals surface area contributed by atoms with E-state index in [1.807, 2.05) is 6.26 Å². The van der Waals surface area contributed by atoms with Crippen LogP contribution in [0.15, 0.2) is 42.2 Å². The monoisotopic (exact) mass is 285 g/mol. The topological polar surface area (TPSA) is 21.3 Å². The standard InChI is InChI=1S/C19H27NO/c1-2-20-18(16-9-8-14-21-15-16)19(12-6-7-13-19)17-10-4-3-5-11-17/h3-5,10-11,15,18,20H,2,6-9,12-14H2,1H3. The van der Waals surface area contributed by atoms with E-state index in [0.29, 0.717) is 6.04 Å². The highest BCUT2D eigenvalue weighted by atomic mass is 16.5. The minimum Gasteiger partial charge on any atom is -0.501 e. The molecule has 2 nitrogen and oxygen atoms in total. The van der Waals surface area contributed by atoms with Crippen molar-refractivity contribution in [3.63, 3.8) is 0 Å². The SMILES string of the molecule is CCNC(C1=COCCC1)C1(c2ccccc2)CCCC1. The quantitative estimate of drug-likeness (QED) is 0.876. The Morgan fingerprint density at radius 2 is 1.90 bits per heavy atom. The fourth-order valence-corrected chi connectivity index (χ4v) is 4.20. The second-order valence-electron chi connectivity index (χ2n) is 6.39. The van der Waals surface area contributed by atoms with Gasteiger partial charge >= 0.3 is 0 Å². The van der Waals surface area contributed by atoms with Crippen molar-refractivity contribution in [1.29, 1.82) is 0 Å². The highest BCUT2D eigenvalue weighted by Crippen LogP contribution is 2.46. The van der Waals surface area contributed by atoms with Gasteiger partial charge in [0.2, 0.25) is 0 Å². The third kappa shape index (κ3) is 2.87. The van der Waals surface area contributed by atoms with E-state index in [4.69, 9.17) is 4.74 Å². The molecule has 1 N–H and O–H groups in total. The van der Waals surface area contributed by atoms with Crippen LogP contribution in [0.2, 0.25) is 0 Å². The third-order valence-corrected chi connectivity index (χ3v) is 5.14. The molecule has 0 aromatic heterocycles. The van der Waals surface area contributed by atoms with Gasteiger partial charge in [0.15, 0.2) is 0 Å². The molecule has 0 saturated heterocycles. The summed E-state index contributed by atoms with van der Waals surface area (Å²) in [5.41, 5.74) is 3.22. The van der Waals surface area contributed by atoms with Gasteiger partial charge in [0.1, 0.15) is 0 Å². The van der Waals surface area contributed by atoms with Crippen LogP contribution in [0, 0.1) is 0 Å². The molecule has 1 aromatic rings. The van der Waals surface area contributed by atoms with Crippen molar-refractivity contribution in [1.82, 2.24) is 5.32 Å². The van der Waals surface area contributed by atoms with Crippen molar-refractivity contribution in [3.05, 3.63) is 47.7 Å². The molecule has 0 spiro atoms. The maximum Gasteiger partial charge on any atom is 0.0876 e. The number of hydrogen-bond donors (Lipinski definition) is 1. The molecule has 2 heteroatoms. The van der Waals surface area contributed by atoms with Crippen molar-refractivity contribution in [3.8, 4) is 0 Å². The predicted molar refractivity (Wildman–Crippen MR) is 87.3 cm³/mol. The van der Waals surface area contributed by atoms with E-state index in [1.54, 1.807) is 0 Å². The van der Waals surface area contributed by atoms with Crippen molar-refractivity contribution in [2.45, 2.75) is 56.9 Å². The van der Waals surface area contributed by atoms with E-state index < -0.39 is 0 Å². The second-order valence-corrected chi connectivity index (χ2v) is 6.39. The molecule has 1 atom stereocenters. The smallest absolute Gasteiger partial charge is 0.0876 e. The van der Waals surface area contributed by atoms with Crippen molar-refractivity contribution in [2.75, 3.05) is 13.2 Å². The van der Waals surface area contributed by atoms with E-state index in [0.717, 1.165) is 19.6 Å². The molecule has 1 heterocycles. The van der Waals surface area contributed by atoms with Gasteiger partial charge in [-0.1, -0.05) is 50.1 Å². The number of benzene rings is 1. The van der Waals surface area contributed by atoms with Crippen LogP contribution < -0.4 is 5.32 Å². The van der Waals surface area contributed by atoms with Crippen LogP contribution in [0.3, 0.4) is 0 Å². The Morgan fingerprint density at radius 3 is 2.52 bits per heavy atom. The molecule has 1 aliphatic carbocycles. The molecule has 0 radical (unpaired) electrons. The first kappa shape index (κ1) is 14.6. The zero-order valence-corrected chi connectivity index (χ0v) is 13.1. The summed E-state index contributed by atoms with van der Waals surface area (Å²) in [4.78, 5) is 0. The fraction of sp³-hybridized carbons (Fsp3) is 0.579. The molecule has 114 valence electrons. The van der Waals surface area contributed by atoms with E-state index in [-0.39, 0.29) is 5.41 Å². The van der Waals surface area contributed by atoms with Gasteiger partial charge < -0.3 is 10.1 Å². The summed E-state index contributed by atoms with van der Waals surface area (Å²) >= 11 is 0. The first-order valence-electron chi connectivity index (χ1n) is 8.46. The molecule has 1 fully saturated rings. The summed E-state index contributed by atoms with van der Waals surface area (Å²) in [5.74, 6) is 0. The second kappa shape index (κ2) is 6.65. The van der Waals surface area contributed by atoms with Gasteiger partial charge in [-0.15, -0.1) is 0 Å². The largest absolute Gasteiger partial charge is 0.501 e. The Labute approximate surface area is 128 Å². The maximum atomic E-state index is 5.65. The van der Waals surface area contributed by atoms with Gasteiger partial charge in [-0.25, -0.2) is 0 Å². The van der Waals surface area contributed by atoms with Crippen LogP contribution in [0.5, 0.6) is 0 Å². The van der Waals surface area contributed by atoms with Crippen molar-refractivity contribution >= 4 is 0 Å². The summed E-state index contributed by atoms with van der Waals surface area (Å²) in [7, 11) is 0. The zero-order chi connectivity index (χ0) is 14.5. The van der Waals surface area contributed by atoms with E-state index in [1.165, 1.54) is 43.2 Å². The summed E-state index contributed by atoms with van der Waals surface area (Å²) in [6.07, 6.45) is 9.61. The Kier molecular flexibility index (Phi) is 4.64. The number of likely N-dealkylation sites (N-methyl/N-ethyl adjacent to an activating group) is 1. The molecule has 2 aliphatic rings. The maximum absolute atomic E-state index is 5.65. The summed E-state index contributed by atoms with van der Waals surface area (Å²) in [6.45, 7) is 4.10. The normalized spacial score (nSPS) is 22.4. The van der Waals surface area contributed by atoms with Gasteiger partial charge in [-0.05, 0) is 43.4 Å². The van der Waals surface area contributed by atoms with Crippen LogP contribution in [0.1, 0.15) is 51.0 Å². The van der Waals surface area contributed by atoms with Gasteiger partial charge in [0, 0.05) is 11.5 Å². The first-order valence-corrected chi connectivity index (χ1v) is 8.46. The number of nitrogens with one attached hydrogen (secondary N) is 1. The lowest BCUT2D eigenvalue weighted by molar-refractivity contribution is 0.209. The Morgan fingerprint density at radius 1 is 1.14 bits per heavy atom.